The van der Waals surface area contributed by atoms with Crippen molar-refractivity contribution in [1.29, 1.82) is 0 Å². The molecule has 0 radical (unpaired) electrons. The number of aryl methyl sites for hydroxylation is 1. The average Bonchev–Trinajstić information content (AvgIpc) is 3.34. The number of aliphatic imine (C=N–C) groups is 1. The van der Waals surface area contributed by atoms with Gasteiger partial charge in [0.05, 0.1) is 23.3 Å². The standard InChI is InChI=1S/C22H20FN3O3/c1-22(2)10-14-17(19(22)27)16(18-20(24-14)26(3)25-21(18)28)11-6-7-13(23)12(9-11)15-5-4-8-29-15/h4-9,16-17H,10H2,1-3H3,(H,25,28). The normalized spacial score (nSPS) is 22.3. The second-order valence-corrected chi connectivity index (χ2v) is 8.44. The number of furan rings is 1. The molecule has 3 aromatic rings. The van der Waals surface area contributed by atoms with Gasteiger partial charge in [-0.25, -0.2) is 9.38 Å². The molecule has 29 heavy (non-hydrogen) atoms. The molecule has 6 nitrogen and oxygen atoms in total. The first-order valence-corrected chi connectivity index (χ1v) is 9.52. The Morgan fingerprint density at radius 2 is 2.03 bits per heavy atom. The van der Waals surface area contributed by atoms with Crippen LogP contribution in [0.5, 0.6) is 0 Å². The molecule has 1 N–H and O–H groups in total. The van der Waals surface area contributed by atoms with Crippen molar-refractivity contribution in [2.24, 2.45) is 23.4 Å². The Morgan fingerprint density at radius 1 is 1.24 bits per heavy atom. The molecule has 1 fully saturated rings. The monoisotopic (exact) mass is 393 g/mol. The van der Waals surface area contributed by atoms with E-state index in [2.05, 4.69) is 10.1 Å². The van der Waals surface area contributed by atoms with Gasteiger partial charge in [-0.15, -0.1) is 0 Å². The van der Waals surface area contributed by atoms with Gasteiger partial charge in [-0.3, -0.25) is 19.4 Å². The van der Waals surface area contributed by atoms with Crippen molar-refractivity contribution in [3.8, 4) is 11.3 Å². The fourth-order valence-corrected chi connectivity index (χ4v) is 4.66. The number of nitrogens with one attached hydrogen (secondary N) is 1. The van der Waals surface area contributed by atoms with E-state index in [-0.39, 0.29) is 11.3 Å². The molecule has 148 valence electrons. The number of benzene rings is 1. The molecule has 1 aliphatic carbocycles. The second-order valence-electron chi connectivity index (χ2n) is 8.44. The van der Waals surface area contributed by atoms with Crippen molar-refractivity contribution in [1.82, 2.24) is 9.78 Å². The second kappa shape index (κ2) is 5.89. The van der Waals surface area contributed by atoms with E-state index in [1.54, 1.807) is 36.0 Å². The first kappa shape index (κ1) is 17.8. The highest BCUT2D eigenvalue weighted by Gasteiger charge is 2.52. The summed E-state index contributed by atoms with van der Waals surface area (Å²) in [5, 5.41) is 2.75. The number of ketones is 1. The van der Waals surface area contributed by atoms with Crippen LogP contribution in [0.2, 0.25) is 0 Å². The van der Waals surface area contributed by atoms with Crippen LogP contribution < -0.4 is 5.56 Å². The summed E-state index contributed by atoms with van der Waals surface area (Å²) in [6.45, 7) is 3.81. The molecule has 0 saturated heterocycles. The summed E-state index contributed by atoms with van der Waals surface area (Å²) >= 11 is 0. The lowest BCUT2D eigenvalue weighted by molar-refractivity contribution is -0.127. The van der Waals surface area contributed by atoms with E-state index in [1.165, 1.54) is 12.3 Å². The number of rotatable bonds is 2. The SMILES string of the molecule is Cn1[nH]c(=O)c2c1N=C1CC(C)(C)C(=O)C1C2c1ccc(F)c(-c2ccco2)c1. The molecule has 0 spiro atoms. The molecule has 5 rings (SSSR count). The van der Waals surface area contributed by atoms with E-state index in [0.717, 1.165) is 5.71 Å². The lowest BCUT2D eigenvalue weighted by Gasteiger charge is -2.27. The topological polar surface area (TPSA) is 80.4 Å². The summed E-state index contributed by atoms with van der Waals surface area (Å²) < 4.78 is 21.5. The van der Waals surface area contributed by atoms with Crippen LogP contribution in [-0.4, -0.2) is 21.3 Å². The predicted molar refractivity (Wildman–Crippen MR) is 106 cm³/mol. The Kier molecular flexibility index (Phi) is 3.62. The van der Waals surface area contributed by atoms with Gasteiger partial charge in [0, 0.05) is 24.1 Å². The van der Waals surface area contributed by atoms with E-state index in [1.807, 2.05) is 13.8 Å². The lowest BCUT2D eigenvalue weighted by Crippen LogP contribution is -2.32. The fourth-order valence-electron chi connectivity index (χ4n) is 4.66. The first-order valence-electron chi connectivity index (χ1n) is 9.52. The summed E-state index contributed by atoms with van der Waals surface area (Å²) in [6.07, 6.45) is 2.02. The van der Waals surface area contributed by atoms with Crippen molar-refractivity contribution in [2.45, 2.75) is 26.2 Å². The van der Waals surface area contributed by atoms with Crippen molar-refractivity contribution >= 4 is 17.3 Å². The Hall–Kier alpha value is -3.22. The molecule has 1 saturated carbocycles. The third kappa shape index (κ3) is 2.50. The highest BCUT2D eigenvalue weighted by atomic mass is 19.1. The number of carbonyl (C=O) groups excluding carboxylic acids is 1. The minimum Gasteiger partial charge on any atom is -0.464 e. The Labute approximate surface area is 166 Å². The number of aromatic nitrogens is 2. The van der Waals surface area contributed by atoms with Crippen LogP contribution in [0.3, 0.4) is 0 Å². The van der Waals surface area contributed by atoms with E-state index in [9.17, 15) is 14.0 Å². The van der Waals surface area contributed by atoms with Gasteiger partial charge in [-0.05, 0) is 36.2 Å². The average molecular weight is 393 g/mol. The highest BCUT2D eigenvalue weighted by Crippen LogP contribution is 2.50. The van der Waals surface area contributed by atoms with Crippen molar-refractivity contribution in [3.63, 3.8) is 0 Å². The van der Waals surface area contributed by atoms with Crippen LogP contribution in [0.15, 0.2) is 50.8 Å². The van der Waals surface area contributed by atoms with Gasteiger partial charge in [-0.1, -0.05) is 19.9 Å². The zero-order valence-corrected chi connectivity index (χ0v) is 16.3. The Balaban J connectivity index is 1.75. The van der Waals surface area contributed by atoms with Crippen LogP contribution in [-0.2, 0) is 11.8 Å². The minimum absolute atomic E-state index is 0.0547. The maximum Gasteiger partial charge on any atom is 0.270 e. The van der Waals surface area contributed by atoms with Crippen molar-refractivity contribution in [2.75, 3.05) is 0 Å². The molecular formula is C22H20FN3O3. The first-order chi connectivity index (χ1) is 13.8. The molecule has 1 aromatic carbocycles. The van der Waals surface area contributed by atoms with Gasteiger partial charge in [0.2, 0.25) is 0 Å². The molecular weight excluding hydrogens is 373 g/mol. The number of Topliss-reactive ketones (excluding diaryl/α,β-unsaturated/α-hetero) is 1. The van der Waals surface area contributed by atoms with Crippen LogP contribution >= 0.6 is 0 Å². The third-order valence-corrected chi connectivity index (χ3v) is 6.03. The molecule has 2 unspecified atom stereocenters. The fraction of sp³-hybridized carbons (Fsp3) is 0.318. The molecule has 7 heteroatoms. The Bertz CT molecular complexity index is 1230. The zero-order valence-electron chi connectivity index (χ0n) is 16.3. The van der Waals surface area contributed by atoms with E-state index in [4.69, 9.17) is 4.42 Å². The molecule has 0 bridgehead atoms. The van der Waals surface area contributed by atoms with E-state index in [0.29, 0.717) is 34.7 Å². The van der Waals surface area contributed by atoms with Gasteiger partial charge >= 0.3 is 0 Å². The smallest absolute Gasteiger partial charge is 0.270 e. The Morgan fingerprint density at radius 3 is 2.76 bits per heavy atom. The maximum absolute atomic E-state index is 14.5. The van der Waals surface area contributed by atoms with E-state index >= 15 is 0 Å². The summed E-state index contributed by atoms with van der Waals surface area (Å²) in [6, 6.07) is 8.05. The van der Waals surface area contributed by atoms with Crippen LogP contribution in [0, 0.1) is 17.2 Å². The predicted octanol–water partition coefficient (Wildman–Crippen LogP) is 3.95. The minimum atomic E-state index is -0.555. The molecule has 2 atom stereocenters. The number of H-pyrrole nitrogens is 1. The van der Waals surface area contributed by atoms with Gasteiger partial charge in [0.15, 0.2) is 5.82 Å². The largest absolute Gasteiger partial charge is 0.464 e. The number of carbonyl (C=O) groups is 1. The van der Waals surface area contributed by atoms with Gasteiger partial charge in [0.1, 0.15) is 17.4 Å². The molecule has 0 amide bonds. The lowest BCUT2D eigenvalue weighted by atomic mass is 9.76. The summed E-state index contributed by atoms with van der Waals surface area (Å²) in [4.78, 5) is 30.7. The van der Waals surface area contributed by atoms with Crippen molar-refractivity contribution in [3.05, 3.63) is 63.9 Å². The highest BCUT2D eigenvalue weighted by molar-refractivity contribution is 6.16. The number of nitrogens with zero attached hydrogens (tertiary/aromatic N) is 2. The number of fused-ring (bicyclic) bond motifs is 2. The summed E-state index contributed by atoms with van der Waals surface area (Å²) in [5.41, 5.74) is 1.38. The summed E-state index contributed by atoms with van der Waals surface area (Å²) in [5.74, 6) is -0.496. The summed E-state index contributed by atoms with van der Waals surface area (Å²) in [7, 11) is 1.72. The molecule has 2 aliphatic rings. The zero-order chi connectivity index (χ0) is 20.5. The van der Waals surface area contributed by atoms with Crippen molar-refractivity contribution < 1.29 is 13.6 Å². The quantitative estimate of drug-likeness (QED) is 0.716. The van der Waals surface area contributed by atoms with Gasteiger partial charge < -0.3 is 4.42 Å². The van der Waals surface area contributed by atoms with Crippen LogP contribution in [0.1, 0.15) is 37.3 Å². The van der Waals surface area contributed by atoms with Crippen LogP contribution in [0.25, 0.3) is 11.3 Å². The van der Waals surface area contributed by atoms with Crippen LogP contribution in [0.4, 0.5) is 10.2 Å². The maximum atomic E-state index is 14.5. The third-order valence-electron chi connectivity index (χ3n) is 6.03. The molecule has 3 heterocycles. The van der Waals surface area contributed by atoms with E-state index < -0.39 is 23.1 Å². The number of hydrogen-bond donors (Lipinski definition) is 1. The molecule has 2 aromatic heterocycles. The number of halogens is 1. The van der Waals surface area contributed by atoms with Gasteiger partial charge in [0.25, 0.3) is 5.56 Å². The number of aromatic amines is 1. The van der Waals surface area contributed by atoms with Gasteiger partial charge in [-0.2, -0.15) is 0 Å². The number of hydrogen-bond acceptors (Lipinski definition) is 4. The molecule has 1 aliphatic heterocycles.